The molecule has 0 aliphatic carbocycles. The number of nitro benzene ring substituents is 1. The number of aliphatic hydroxyl groups excluding tert-OH is 1. The maximum atomic E-state index is 12.2. The Bertz CT molecular complexity index is 556. The number of aliphatic hydroxyl groups is 1. The number of likely N-dealkylation sites (tertiary alicyclic amines) is 1. The molecule has 0 spiro atoms. The summed E-state index contributed by atoms with van der Waals surface area (Å²) < 4.78 is 0. The summed E-state index contributed by atoms with van der Waals surface area (Å²) in [7, 11) is 0. The largest absolute Gasteiger partial charge is 0.480 e. The fraction of sp³-hybridized carbons (Fsp3) is 0.333. The first-order valence-corrected chi connectivity index (χ1v) is 5.86. The topological polar surface area (TPSA) is 121 Å². The SMILES string of the molecule is O=C(O)[C@H]1C[C@@H](O)CN1C(=O)c1ccc([N+](=O)[O-])cc1. The lowest BCUT2D eigenvalue weighted by Crippen LogP contribution is -2.40. The molecule has 0 saturated carbocycles. The molecule has 1 saturated heterocycles. The molecule has 1 heterocycles. The zero-order valence-electron chi connectivity index (χ0n) is 10.3. The Morgan fingerprint density at radius 2 is 1.90 bits per heavy atom. The van der Waals surface area contributed by atoms with Gasteiger partial charge in [-0.3, -0.25) is 14.9 Å². The highest BCUT2D eigenvalue weighted by atomic mass is 16.6. The number of β-amino-alcohol motifs (C(OH)–C–C–N with tert-alkyl or cyclic N) is 1. The maximum Gasteiger partial charge on any atom is 0.326 e. The molecule has 0 radical (unpaired) electrons. The average Bonchev–Trinajstić information content (AvgIpc) is 2.80. The number of carboxylic acids is 1. The van der Waals surface area contributed by atoms with Gasteiger partial charge in [0, 0.05) is 30.7 Å². The summed E-state index contributed by atoms with van der Waals surface area (Å²) in [6.07, 6.45) is -0.897. The average molecular weight is 280 g/mol. The minimum absolute atomic E-state index is 0.0198. The van der Waals surface area contributed by atoms with Crippen LogP contribution in [-0.4, -0.2) is 50.6 Å². The Morgan fingerprint density at radius 3 is 2.40 bits per heavy atom. The molecule has 1 aromatic carbocycles. The molecule has 2 atom stereocenters. The van der Waals surface area contributed by atoms with E-state index in [1.807, 2.05) is 0 Å². The molecule has 0 unspecified atom stereocenters. The summed E-state index contributed by atoms with van der Waals surface area (Å²) in [6.45, 7) is -0.0627. The zero-order valence-corrected chi connectivity index (χ0v) is 10.3. The van der Waals surface area contributed by atoms with Crippen molar-refractivity contribution in [3.8, 4) is 0 Å². The van der Waals surface area contributed by atoms with E-state index in [0.29, 0.717) is 0 Å². The molecule has 1 amide bonds. The van der Waals surface area contributed by atoms with Crippen molar-refractivity contribution in [3.05, 3.63) is 39.9 Å². The van der Waals surface area contributed by atoms with Crippen LogP contribution in [0.5, 0.6) is 0 Å². The standard InChI is InChI=1S/C12H12N2O6/c15-9-5-10(12(17)18)13(6-9)11(16)7-1-3-8(4-2-7)14(19)20/h1-4,9-10,15H,5-6H2,(H,17,18)/t9-,10-/m1/s1. The van der Waals surface area contributed by atoms with Gasteiger partial charge in [-0.15, -0.1) is 0 Å². The second kappa shape index (κ2) is 5.25. The van der Waals surface area contributed by atoms with Gasteiger partial charge >= 0.3 is 5.97 Å². The third-order valence-electron chi connectivity index (χ3n) is 3.15. The van der Waals surface area contributed by atoms with Crippen molar-refractivity contribution in [2.24, 2.45) is 0 Å². The normalized spacial score (nSPS) is 21.8. The summed E-state index contributed by atoms with van der Waals surface area (Å²) >= 11 is 0. The van der Waals surface area contributed by atoms with E-state index in [2.05, 4.69) is 0 Å². The van der Waals surface area contributed by atoms with Crippen molar-refractivity contribution in [2.75, 3.05) is 6.54 Å². The fourth-order valence-electron chi connectivity index (χ4n) is 2.16. The van der Waals surface area contributed by atoms with Crippen LogP contribution in [0.25, 0.3) is 0 Å². The molecule has 0 bridgehead atoms. The van der Waals surface area contributed by atoms with E-state index >= 15 is 0 Å². The molecule has 20 heavy (non-hydrogen) atoms. The molecule has 106 valence electrons. The Morgan fingerprint density at radius 1 is 1.30 bits per heavy atom. The number of amides is 1. The molecule has 8 nitrogen and oxygen atoms in total. The van der Waals surface area contributed by atoms with Gasteiger partial charge in [0.15, 0.2) is 0 Å². The lowest BCUT2D eigenvalue weighted by molar-refractivity contribution is -0.384. The zero-order chi connectivity index (χ0) is 14.9. The van der Waals surface area contributed by atoms with Gasteiger partial charge in [-0.25, -0.2) is 4.79 Å². The number of carbonyl (C=O) groups is 2. The number of carboxylic acid groups (broad SMARTS) is 1. The van der Waals surface area contributed by atoms with Gasteiger partial charge in [0.05, 0.1) is 11.0 Å². The Kier molecular flexibility index (Phi) is 3.66. The van der Waals surface area contributed by atoms with Crippen LogP contribution in [0, 0.1) is 10.1 Å². The quantitative estimate of drug-likeness (QED) is 0.605. The molecule has 2 N–H and O–H groups in total. The number of nitrogens with zero attached hydrogens (tertiary/aromatic N) is 2. The smallest absolute Gasteiger partial charge is 0.326 e. The fourth-order valence-corrected chi connectivity index (χ4v) is 2.16. The highest BCUT2D eigenvalue weighted by Crippen LogP contribution is 2.22. The molecular weight excluding hydrogens is 268 g/mol. The number of hydrogen-bond acceptors (Lipinski definition) is 5. The summed E-state index contributed by atoms with van der Waals surface area (Å²) in [6, 6.07) is 3.81. The van der Waals surface area contributed by atoms with E-state index in [0.717, 1.165) is 4.90 Å². The van der Waals surface area contributed by atoms with Gasteiger partial charge in [0.2, 0.25) is 0 Å². The van der Waals surface area contributed by atoms with Crippen LogP contribution in [0.1, 0.15) is 16.8 Å². The summed E-state index contributed by atoms with van der Waals surface area (Å²) in [5, 5.41) is 29.0. The molecule has 2 rings (SSSR count). The molecule has 0 aromatic heterocycles. The summed E-state index contributed by atoms with van der Waals surface area (Å²) in [5.74, 6) is -1.75. The molecule has 1 fully saturated rings. The number of aliphatic carboxylic acids is 1. The second-order valence-corrected chi connectivity index (χ2v) is 4.51. The van der Waals surface area contributed by atoms with E-state index in [1.165, 1.54) is 24.3 Å². The lowest BCUT2D eigenvalue weighted by atomic mass is 10.1. The van der Waals surface area contributed by atoms with Gasteiger partial charge in [-0.2, -0.15) is 0 Å². The highest BCUT2D eigenvalue weighted by molar-refractivity contribution is 5.97. The predicted octanol–water partition coefficient (Wildman–Crippen LogP) is 0.255. The van der Waals surface area contributed by atoms with Crippen LogP contribution in [0.3, 0.4) is 0 Å². The highest BCUT2D eigenvalue weighted by Gasteiger charge is 2.39. The minimum Gasteiger partial charge on any atom is -0.480 e. The van der Waals surface area contributed by atoms with Crippen LogP contribution < -0.4 is 0 Å². The maximum absolute atomic E-state index is 12.2. The van der Waals surface area contributed by atoms with Crippen molar-refractivity contribution in [1.82, 2.24) is 4.90 Å². The molecule has 1 aliphatic heterocycles. The Balaban J connectivity index is 2.22. The van der Waals surface area contributed by atoms with Crippen LogP contribution in [0.4, 0.5) is 5.69 Å². The first kappa shape index (κ1) is 13.9. The third-order valence-corrected chi connectivity index (χ3v) is 3.15. The van der Waals surface area contributed by atoms with E-state index in [-0.39, 0.29) is 24.2 Å². The molecule has 1 aromatic rings. The number of benzene rings is 1. The summed E-state index contributed by atoms with van der Waals surface area (Å²) in [5.41, 5.74) is -0.00580. The van der Waals surface area contributed by atoms with Crippen LogP contribution in [0.2, 0.25) is 0 Å². The van der Waals surface area contributed by atoms with Crippen molar-refractivity contribution in [3.63, 3.8) is 0 Å². The first-order chi connectivity index (χ1) is 9.40. The monoisotopic (exact) mass is 280 g/mol. The first-order valence-electron chi connectivity index (χ1n) is 5.86. The van der Waals surface area contributed by atoms with E-state index in [1.54, 1.807) is 0 Å². The van der Waals surface area contributed by atoms with Crippen LogP contribution in [0.15, 0.2) is 24.3 Å². The van der Waals surface area contributed by atoms with E-state index in [4.69, 9.17) is 5.11 Å². The van der Waals surface area contributed by atoms with Gasteiger partial charge < -0.3 is 15.1 Å². The molecular formula is C12H12N2O6. The number of non-ortho nitro benzene ring substituents is 1. The van der Waals surface area contributed by atoms with Crippen LogP contribution in [-0.2, 0) is 4.79 Å². The third kappa shape index (κ3) is 2.59. The van der Waals surface area contributed by atoms with Crippen molar-refractivity contribution in [1.29, 1.82) is 0 Å². The number of hydrogen-bond donors (Lipinski definition) is 2. The van der Waals surface area contributed by atoms with Gasteiger partial charge in [-0.1, -0.05) is 0 Å². The van der Waals surface area contributed by atoms with Gasteiger partial charge in [0.25, 0.3) is 11.6 Å². The number of rotatable bonds is 3. The van der Waals surface area contributed by atoms with Crippen molar-refractivity contribution < 1.29 is 24.7 Å². The number of carbonyl (C=O) groups excluding carboxylic acids is 1. The Labute approximate surface area is 113 Å². The molecule has 1 aliphatic rings. The van der Waals surface area contributed by atoms with E-state index < -0.39 is 28.9 Å². The van der Waals surface area contributed by atoms with E-state index in [9.17, 15) is 24.8 Å². The van der Waals surface area contributed by atoms with Crippen molar-refractivity contribution in [2.45, 2.75) is 18.6 Å². The van der Waals surface area contributed by atoms with Gasteiger partial charge in [-0.05, 0) is 12.1 Å². The predicted molar refractivity (Wildman–Crippen MR) is 66.2 cm³/mol. The Hall–Kier alpha value is -2.48. The number of nitro groups is 1. The lowest BCUT2D eigenvalue weighted by Gasteiger charge is -2.21. The second-order valence-electron chi connectivity index (χ2n) is 4.51. The van der Waals surface area contributed by atoms with Crippen LogP contribution >= 0.6 is 0 Å². The van der Waals surface area contributed by atoms with Crippen molar-refractivity contribution >= 4 is 17.6 Å². The van der Waals surface area contributed by atoms with Gasteiger partial charge in [0.1, 0.15) is 6.04 Å². The molecule has 8 heteroatoms. The summed E-state index contributed by atoms with van der Waals surface area (Å²) in [4.78, 5) is 34.2. The minimum atomic E-state index is -1.18.